The number of esters is 1. The smallest absolute Gasteiger partial charge is 0.330 e. The van der Waals surface area contributed by atoms with Gasteiger partial charge in [-0.05, 0) is 49.6 Å². The fourth-order valence-corrected chi connectivity index (χ4v) is 5.63. The van der Waals surface area contributed by atoms with Gasteiger partial charge in [-0.2, -0.15) is 0 Å². The molecule has 1 unspecified atom stereocenters. The van der Waals surface area contributed by atoms with Crippen molar-refractivity contribution in [1.82, 2.24) is 0 Å². The van der Waals surface area contributed by atoms with Crippen LogP contribution in [-0.4, -0.2) is 27.0 Å². The van der Waals surface area contributed by atoms with Crippen LogP contribution in [-0.2, 0) is 26.0 Å². The van der Waals surface area contributed by atoms with Gasteiger partial charge in [-0.1, -0.05) is 66.2 Å². The molecule has 1 heterocycles. The van der Waals surface area contributed by atoms with Crippen molar-refractivity contribution in [2.45, 2.75) is 31.2 Å². The molecule has 1 aliphatic heterocycles. The van der Waals surface area contributed by atoms with E-state index in [1.165, 1.54) is 10.4 Å². The SMILES string of the molecule is CCOC(=O)/C=C/C1Cc2ccccc2-c2ccccc2N1S(=O)(=O)c1ccc(C)cc1. The van der Waals surface area contributed by atoms with E-state index in [1.54, 1.807) is 37.3 Å². The minimum atomic E-state index is -3.91. The molecule has 1 atom stereocenters. The predicted molar refractivity (Wildman–Crippen MR) is 126 cm³/mol. The Kier molecular flexibility index (Phi) is 6.15. The molecule has 0 fully saturated rings. The zero-order valence-electron chi connectivity index (χ0n) is 18.1. The van der Waals surface area contributed by atoms with Crippen LogP contribution in [0.15, 0.2) is 89.8 Å². The van der Waals surface area contributed by atoms with Gasteiger partial charge in [0.25, 0.3) is 10.0 Å². The number of carbonyl (C=O) groups is 1. The molecule has 6 heteroatoms. The standard InChI is InChI=1S/C26H25NO4S/c1-3-31-26(28)17-14-21-18-20-8-4-5-9-23(20)24-10-6-7-11-25(24)27(21)32(29,30)22-15-12-19(2)13-16-22/h4-17,21H,3,18H2,1-2H3/b17-14+. The summed E-state index contributed by atoms with van der Waals surface area (Å²) in [4.78, 5) is 12.3. The van der Waals surface area contributed by atoms with Gasteiger partial charge in [0, 0.05) is 11.6 Å². The van der Waals surface area contributed by atoms with Crippen LogP contribution in [0, 0.1) is 6.92 Å². The zero-order valence-corrected chi connectivity index (χ0v) is 18.9. The van der Waals surface area contributed by atoms with E-state index < -0.39 is 22.0 Å². The lowest BCUT2D eigenvalue weighted by atomic mass is 9.97. The first-order valence-electron chi connectivity index (χ1n) is 10.5. The summed E-state index contributed by atoms with van der Waals surface area (Å²) in [6.45, 7) is 3.90. The Morgan fingerprint density at radius 3 is 2.38 bits per heavy atom. The van der Waals surface area contributed by atoms with E-state index in [0.29, 0.717) is 12.1 Å². The summed E-state index contributed by atoms with van der Waals surface area (Å²) >= 11 is 0. The number of nitrogens with zero attached hydrogens (tertiary/aromatic N) is 1. The maximum Gasteiger partial charge on any atom is 0.330 e. The molecular formula is C26H25NO4S. The van der Waals surface area contributed by atoms with E-state index in [1.807, 2.05) is 55.5 Å². The number of aryl methyl sites for hydroxylation is 1. The van der Waals surface area contributed by atoms with Gasteiger partial charge in [0.05, 0.1) is 23.2 Å². The Morgan fingerprint density at radius 1 is 1.00 bits per heavy atom. The quantitative estimate of drug-likeness (QED) is 0.412. The van der Waals surface area contributed by atoms with Gasteiger partial charge in [-0.15, -0.1) is 0 Å². The van der Waals surface area contributed by atoms with Crippen molar-refractivity contribution in [2.75, 3.05) is 10.9 Å². The van der Waals surface area contributed by atoms with Gasteiger partial charge in [0.1, 0.15) is 0 Å². The van der Waals surface area contributed by atoms with E-state index in [0.717, 1.165) is 22.3 Å². The number of carbonyl (C=O) groups excluding carboxylic acids is 1. The highest BCUT2D eigenvalue weighted by Gasteiger charge is 2.35. The third kappa shape index (κ3) is 4.18. The van der Waals surface area contributed by atoms with Crippen LogP contribution in [0.3, 0.4) is 0 Å². The summed E-state index contributed by atoms with van der Waals surface area (Å²) in [6, 6.07) is 21.6. The number of anilines is 1. The molecular weight excluding hydrogens is 422 g/mol. The number of rotatable bonds is 5. The van der Waals surface area contributed by atoms with Gasteiger partial charge in [-0.25, -0.2) is 13.2 Å². The number of fused-ring (bicyclic) bond motifs is 3. The van der Waals surface area contributed by atoms with E-state index in [-0.39, 0.29) is 11.5 Å². The summed E-state index contributed by atoms with van der Waals surface area (Å²) in [5.74, 6) is -0.494. The second kappa shape index (κ2) is 9.01. The second-order valence-corrected chi connectivity index (χ2v) is 9.49. The molecule has 0 spiro atoms. The molecule has 4 rings (SSSR count). The van der Waals surface area contributed by atoms with Gasteiger partial charge < -0.3 is 4.74 Å². The lowest BCUT2D eigenvalue weighted by Gasteiger charge is -2.30. The van der Waals surface area contributed by atoms with Gasteiger partial charge in [0.2, 0.25) is 0 Å². The molecule has 32 heavy (non-hydrogen) atoms. The van der Waals surface area contributed by atoms with Gasteiger partial charge >= 0.3 is 5.97 Å². The first-order valence-corrected chi connectivity index (χ1v) is 12.0. The van der Waals surface area contributed by atoms with E-state index >= 15 is 0 Å². The van der Waals surface area contributed by atoms with Crippen molar-refractivity contribution in [1.29, 1.82) is 0 Å². The molecule has 0 radical (unpaired) electrons. The summed E-state index contributed by atoms with van der Waals surface area (Å²) in [5, 5.41) is 0. The highest BCUT2D eigenvalue weighted by atomic mass is 32.2. The topological polar surface area (TPSA) is 63.7 Å². The average Bonchev–Trinajstić information content (AvgIpc) is 2.93. The molecule has 0 bridgehead atoms. The lowest BCUT2D eigenvalue weighted by Crippen LogP contribution is -2.40. The summed E-state index contributed by atoms with van der Waals surface area (Å²) in [7, 11) is -3.91. The molecule has 5 nitrogen and oxygen atoms in total. The Morgan fingerprint density at radius 2 is 1.66 bits per heavy atom. The van der Waals surface area contributed by atoms with Crippen molar-refractivity contribution in [3.63, 3.8) is 0 Å². The fourth-order valence-electron chi connectivity index (χ4n) is 4.00. The zero-order chi connectivity index (χ0) is 22.7. The van der Waals surface area contributed by atoms with Gasteiger partial charge in [0.15, 0.2) is 0 Å². The Hall–Kier alpha value is -3.38. The highest BCUT2D eigenvalue weighted by molar-refractivity contribution is 7.92. The number of hydrogen-bond donors (Lipinski definition) is 0. The maximum absolute atomic E-state index is 13.9. The molecule has 1 aliphatic rings. The summed E-state index contributed by atoms with van der Waals surface area (Å²) < 4.78 is 34.3. The number of hydrogen-bond acceptors (Lipinski definition) is 4. The van der Waals surface area contributed by atoms with E-state index in [4.69, 9.17) is 4.74 Å². The molecule has 0 aliphatic carbocycles. The Balaban J connectivity index is 1.92. The van der Waals surface area contributed by atoms with Gasteiger partial charge in [-0.3, -0.25) is 4.31 Å². The van der Waals surface area contributed by atoms with Crippen molar-refractivity contribution < 1.29 is 17.9 Å². The highest BCUT2D eigenvalue weighted by Crippen LogP contribution is 2.41. The molecule has 0 saturated heterocycles. The number of ether oxygens (including phenoxy) is 1. The fraction of sp³-hybridized carbons (Fsp3) is 0.192. The molecule has 3 aromatic carbocycles. The first kappa shape index (κ1) is 21.8. The van der Waals surface area contributed by atoms with Crippen LogP contribution >= 0.6 is 0 Å². The van der Waals surface area contributed by atoms with Crippen LogP contribution in [0.5, 0.6) is 0 Å². The van der Waals surface area contributed by atoms with Crippen molar-refractivity contribution in [3.05, 3.63) is 96.1 Å². The minimum Gasteiger partial charge on any atom is -0.463 e. The van der Waals surface area contributed by atoms with Crippen LogP contribution in [0.25, 0.3) is 11.1 Å². The number of para-hydroxylation sites is 1. The maximum atomic E-state index is 13.9. The van der Waals surface area contributed by atoms with Crippen LogP contribution in [0.2, 0.25) is 0 Å². The minimum absolute atomic E-state index is 0.207. The second-order valence-electron chi connectivity index (χ2n) is 7.67. The largest absolute Gasteiger partial charge is 0.463 e. The van der Waals surface area contributed by atoms with E-state index in [2.05, 4.69) is 0 Å². The summed E-state index contributed by atoms with van der Waals surface area (Å²) in [6.07, 6.45) is 3.37. The number of benzene rings is 3. The summed E-state index contributed by atoms with van der Waals surface area (Å²) in [5.41, 5.74) is 4.40. The molecule has 0 saturated carbocycles. The molecule has 0 N–H and O–H groups in total. The molecule has 164 valence electrons. The van der Waals surface area contributed by atoms with Crippen LogP contribution in [0.4, 0.5) is 5.69 Å². The first-order chi connectivity index (χ1) is 15.4. The van der Waals surface area contributed by atoms with Crippen molar-refractivity contribution in [3.8, 4) is 11.1 Å². The van der Waals surface area contributed by atoms with Crippen molar-refractivity contribution in [2.24, 2.45) is 0 Å². The third-order valence-electron chi connectivity index (χ3n) is 5.50. The average molecular weight is 448 g/mol. The molecule has 0 amide bonds. The third-order valence-corrected chi connectivity index (χ3v) is 7.35. The lowest BCUT2D eigenvalue weighted by molar-refractivity contribution is -0.137. The number of sulfonamides is 1. The molecule has 3 aromatic rings. The van der Waals surface area contributed by atoms with E-state index in [9.17, 15) is 13.2 Å². The normalized spacial score (nSPS) is 15.7. The Bertz CT molecular complexity index is 1260. The van der Waals surface area contributed by atoms with Crippen LogP contribution < -0.4 is 4.31 Å². The molecule has 0 aromatic heterocycles. The Labute approximate surface area is 189 Å². The predicted octanol–water partition coefficient (Wildman–Crippen LogP) is 4.90. The van der Waals surface area contributed by atoms with Crippen LogP contribution in [0.1, 0.15) is 18.1 Å². The van der Waals surface area contributed by atoms with Crippen molar-refractivity contribution >= 4 is 21.7 Å². The monoisotopic (exact) mass is 447 g/mol.